The van der Waals surface area contributed by atoms with Gasteiger partial charge in [-0.3, -0.25) is 4.57 Å². The Morgan fingerprint density at radius 3 is 2.77 bits per heavy atom. The van der Waals surface area contributed by atoms with E-state index < -0.39 is 0 Å². The molecule has 0 saturated carbocycles. The van der Waals surface area contributed by atoms with Gasteiger partial charge >= 0.3 is 0 Å². The molecule has 0 aliphatic carbocycles. The van der Waals surface area contributed by atoms with Gasteiger partial charge in [0.15, 0.2) is 0 Å². The molecule has 3 N–H and O–H groups in total. The number of imidazole rings is 3. The van der Waals surface area contributed by atoms with Crippen molar-refractivity contribution in [3.8, 4) is 5.69 Å². The van der Waals surface area contributed by atoms with E-state index in [0.717, 1.165) is 63.5 Å². The lowest BCUT2D eigenvalue weighted by Gasteiger charge is -2.09. The van der Waals surface area contributed by atoms with Gasteiger partial charge in [0.25, 0.3) is 0 Å². The fourth-order valence-corrected chi connectivity index (χ4v) is 4.11. The zero-order valence-electron chi connectivity index (χ0n) is 14.5. The predicted octanol–water partition coefficient (Wildman–Crippen LogP) is 3.00. The van der Waals surface area contributed by atoms with Crippen LogP contribution in [0.15, 0.2) is 24.5 Å². The Labute approximate surface area is 148 Å². The lowest BCUT2D eigenvalue weighted by atomic mass is 10.1. The highest BCUT2D eigenvalue weighted by atomic mass is 15.1. The van der Waals surface area contributed by atoms with Crippen molar-refractivity contribution >= 4 is 33.1 Å². The van der Waals surface area contributed by atoms with E-state index in [1.54, 1.807) is 0 Å². The third-order valence-corrected chi connectivity index (χ3v) is 5.22. The average Bonchev–Trinajstić information content (AvgIpc) is 3.36. The van der Waals surface area contributed by atoms with Crippen LogP contribution in [-0.4, -0.2) is 29.5 Å². The number of benzene rings is 2. The van der Waals surface area contributed by atoms with Gasteiger partial charge in [-0.15, -0.1) is 0 Å². The van der Waals surface area contributed by atoms with Crippen LogP contribution in [0.4, 0.5) is 0 Å². The first-order chi connectivity index (χ1) is 12.7. The summed E-state index contributed by atoms with van der Waals surface area (Å²) in [6, 6.07) is 6.32. The molecule has 26 heavy (non-hydrogen) atoms. The van der Waals surface area contributed by atoms with Crippen molar-refractivity contribution < 1.29 is 0 Å². The molecule has 1 aliphatic heterocycles. The van der Waals surface area contributed by atoms with Crippen molar-refractivity contribution in [1.82, 2.24) is 34.8 Å². The molecule has 0 unspecified atom stereocenters. The van der Waals surface area contributed by atoms with E-state index in [-0.39, 0.29) is 0 Å². The Morgan fingerprint density at radius 1 is 1.00 bits per heavy atom. The molecule has 2 aromatic carbocycles. The molecule has 0 fully saturated rings. The maximum atomic E-state index is 4.75. The minimum atomic E-state index is 0.865. The Hall–Kier alpha value is -3.19. The maximum absolute atomic E-state index is 4.75. The average molecular weight is 343 g/mol. The molecule has 128 valence electrons. The van der Waals surface area contributed by atoms with Crippen molar-refractivity contribution in [3.63, 3.8) is 0 Å². The van der Waals surface area contributed by atoms with Crippen LogP contribution in [-0.2, 0) is 13.1 Å². The number of rotatable bonds is 1. The summed E-state index contributed by atoms with van der Waals surface area (Å²) in [6.45, 7) is 5.71. The summed E-state index contributed by atoms with van der Waals surface area (Å²) in [5.74, 6) is 1.83. The van der Waals surface area contributed by atoms with Crippen LogP contribution in [0.2, 0.25) is 0 Å². The molecule has 0 saturated heterocycles. The lowest BCUT2D eigenvalue weighted by molar-refractivity contribution is 0.765. The number of aromatic nitrogens is 6. The number of nitrogens with one attached hydrogen (secondary N) is 3. The molecule has 7 nitrogen and oxygen atoms in total. The minimum Gasteiger partial charge on any atom is -0.342 e. The largest absolute Gasteiger partial charge is 0.342 e. The number of hydrogen-bond donors (Lipinski definition) is 3. The molecular formula is C19H17N7. The first kappa shape index (κ1) is 14.0. The third-order valence-electron chi connectivity index (χ3n) is 5.22. The van der Waals surface area contributed by atoms with E-state index in [1.165, 1.54) is 11.1 Å². The standard InChI is InChI=1S/C19H17N7/c1-9-22-13-3-4-14-19(17(13)24-9)26(8-21-14)15-5-11-6-20-7-12(11)16-18(15)25-10(2)23-16/h3-5,8,20H,6-7H2,1-2H3,(H,22,24)(H,23,25). The van der Waals surface area contributed by atoms with Crippen LogP contribution in [0.3, 0.4) is 0 Å². The lowest BCUT2D eigenvalue weighted by Crippen LogP contribution is -2.00. The van der Waals surface area contributed by atoms with Gasteiger partial charge in [-0.05, 0) is 43.2 Å². The van der Waals surface area contributed by atoms with Gasteiger partial charge in [0.2, 0.25) is 0 Å². The molecule has 0 spiro atoms. The van der Waals surface area contributed by atoms with E-state index >= 15 is 0 Å². The molecule has 1 aliphatic rings. The fourth-order valence-electron chi connectivity index (χ4n) is 4.11. The van der Waals surface area contributed by atoms with Gasteiger partial charge in [0.05, 0.1) is 27.8 Å². The minimum absolute atomic E-state index is 0.865. The Bertz CT molecular complexity index is 1330. The van der Waals surface area contributed by atoms with E-state index in [9.17, 15) is 0 Å². The van der Waals surface area contributed by atoms with Crippen LogP contribution < -0.4 is 5.32 Å². The summed E-state index contributed by atoms with van der Waals surface area (Å²) in [6.07, 6.45) is 1.88. The normalized spacial score (nSPS) is 14.1. The number of aryl methyl sites for hydroxylation is 2. The van der Waals surface area contributed by atoms with Crippen LogP contribution in [0, 0.1) is 13.8 Å². The van der Waals surface area contributed by atoms with Crippen LogP contribution >= 0.6 is 0 Å². The highest BCUT2D eigenvalue weighted by Gasteiger charge is 2.21. The van der Waals surface area contributed by atoms with Gasteiger partial charge in [-0.1, -0.05) is 0 Å². The van der Waals surface area contributed by atoms with Gasteiger partial charge in [-0.25, -0.2) is 15.0 Å². The highest BCUT2D eigenvalue weighted by molar-refractivity contribution is 6.02. The van der Waals surface area contributed by atoms with Crippen molar-refractivity contribution in [3.05, 3.63) is 47.3 Å². The Morgan fingerprint density at radius 2 is 1.85 bits per heavy atom. The molecule has 0 bridgehead atoms. The summed E-state index contributed by atoms with van der Waals surface area (Å²) in [5, 5.41) is 3.44. The van der Waals surface area contributed by atoms with Crippen LogP contribution in [0.5, 0.6) is 0 Å². The number of aromatic amines is 2. The van der Waals surface area contributed by atoms with E-state index in [1.807, 2.05) is 32.3 Å². The number of nitrogens with zero attached hydrogens (tertiary/aromatic N) is 4. The summed E-state index contributed by atoms with van der Waals surface area (Å²) in [5.41, 5.74) is 9.68. The van der Waals surface area contributed by atoms with E-state index in [4.69, 9.17) is 9.97 Å². The van der Waals surface area contributed by atoms with Crippen molar-refractivity contribution in [2.24, 2.45) is 0 Å². The molecule has 6 rings (SSSR count). The zero-order valence-corrected chi connectivity index (χ0v) is 14.5. The second-order valence-electron chi connectivity index (χ2n) is 6.95. The zero-order chi connectivity index (χ0) is 17.4. The second-order valence-corrected chi connectivity index (χ2v) is 6.95. The predicted molar refractivity (Wildman–Crippen MR) is 100 cm³/mol. The monoisotopic (exact) mass is 343 g/mol. The highest BCUT2D eigenvalue weighted by Crippen LogP contribution is 2.33. The van der Waals surface area contributed by atoms with E-state index in [2.05, 4.69) is 30.9 Å². The fraction of sp³-hybridized carbons (Fsp3) is 0.211. The Balaban J connectivity index is 1.77. The summed E-state index contributed by atoms with van der Waals surface area (Å²) >= 11 is 0. The first-order valence-electron chi connectivity index (χ1n) is 8.73. The van der Waals surface area contributed by atoms with Gasteiger partial charge in [0, 0.05) is 13.1 Å². The Kier molecular flexibility index (Phi) is 2.54. The van der Waals surface area contributed by atoms with Crippen molar-refractivity contribution in [1.29, 1.82) is 0 Å². The van der Waals surface area contributed by atoms with Gasteiger partial charge < -0.3 is 15.3 Å². The molecular weight excluding hydrogens is 326 g/mol. The molecule has 0 amide bonds. The number of fused-ring (bicyclic) bond motifs is 6. The van der Waals surface area contributed by atoms with Crippen molar-refractivity contribution in [2.75, 3.05) is 0 Å². The molecule has 5 aromatic rings. The smallest absolute Gasteiger partial charge is 0.115 e. The molecule has 7 heteroatoms. The number of hydrogen-bond acceptors (Lipinski definition) is 4. The second kappa shape index (κ2) is 4.70. The topological polar surface area (TPSA) is 87.2 Å². The number of H-pyrrole nitrogens is 2. The third kappa shape index (κ3) is 1.72. The van der Waals surface area contributed by atoms with Crippen molar-refractivity contribution in [2.45, 2.75) is 26.9 Å². The summed E-state index contributed by atoms with van der Waals surface area (Å²) in [4.78, 5) is 20.8. The summed E-state index contributed by atoms with van der Waals surface area (Å²) in [7, 11) is 0. The maximum Gasteiger partial charge on any atom is 0.115 e. The quantitative estimate of drug-likeness (QED) is 0.437. The SMILES string of the molecule is Cc1nc2c(ccc3ncn(-c4cc5c(c6nc(C)[nH]c46)CNC5)c32)[nH]1. The first-order valence-corrected chi connectivity index (χ1v) is 8.73. The van der Waals surface area contributed by atoms with E-state index in [0.29, 0.717) is 0 Å². The molecule has 4 heterocycles. The molecule has 0 radical (unpaired) electrons. The van der Waals surface area contributed by atoms with Crippen LogP contribution in [0.1, 0.15) is 22.8 Å². The molecule has 3 aromatic heterocycles. The summed E-state index contributed by atoms with van der Waals surface area (Å²) < 4.78 is 2.14. The van der Waals surface area contributed by atoms with Gasteiger partial charge in [-0.2, -0.15) is 0 Å². The van der Waals surface area contributed by atoms with Gasteiger partial charge in [0.1, 0.15) is 29.0 Å². The van der Waals surface area contributed by atoms with Crippen LogP contribution in [0.25, 0.3) is 38.8 Å². The molecule has 0 atom stereocenters.